The van der Waals surface area contributed by atoms with Gasteiger partial charge in [-0.05, 0) is 51.0 Å². The second kappa shape index (κ2) is 6.26. The average molecular weight is 285 g/mol. The van der Waals surface area contributed by atoms with E-state index in [2.05, 4.69) is 58.4 Å². The maximum absolute atomic E-state index is 4.14. The lowest BCUT2D eigenvalue weighted by Crippen LogP contribution is -2.42. The summed E-state index contributed by atoms with van der Waals surface area (Å²) >= 11 is 0. The van der Waals surface area contributed by atoms with Gasteiger partial charge in [0.2, 0.25) is 0 Å². The molecule has 1 fully saturated rings. The van der Waals surface area contributed by atoms with Crippen LogP contribution < -0.4 is 5.32 Å². The van der Waals surface area contributed by atoms with Crippen LogP contribution in [0.2, 0.25) is 0 Å². The minimum atomic E-state index is 0.581. The van der Waals surface area contributed by atoms with Gasteiger partial charge in [0, 0.05) is 30.9 Å². The van der Waals surface area contributed by atoms with E-state index >= 15 is 0 Å². The summed E-state index contributed by atoms with van der Waals surface area (Å²) in [6, 6.07) is 9.61. The molecule has 2 aromatic rings. The zero-order chi connectivity index (χ0) is 14.7. The first-order valence-corrected chi connectivity index (χ1v) is 7.68. The quantitative estimate of drug-likeness (QED) is 0.938. The molecule has 0 spiro atoms. The summed E-state index contributed by atoms with van der Waals surface area (Å²) in [6.07, 6.45) is 5.69. The van der Waals surface area contributed by atoms with Gasteiger partial charge in [0.25, 0.3) is 0 Å². The summed E-state index contributed by atoms with van der Waals surface area (Å²) in [5.41, 5.74) is 2.22. The fourth-order valence-corrected chi connectivity index (χ4v) is 2.85. The predicted octanol–water partition coefficient (Wildman–Crippen LogP) is 2.55. The Kier molecular flexibility index (Phi) is 4.20. The van der Waals surface area contributed by atoms with Crippen LogP contribution in [-0.4, -0.2) is 44.8 Å². The summed E-state index contributed by atoms with van der Waals surface area (Å²) in [5, 5.41) is 7.78. The molecule has 5 heteroatoms. The zero-order valence-electron chi connectivity index (χ0n) is 12.7. The van der Waals surface area contributed by atoms with E-state index in [1.54, 1.807) is 17.3 Å². The predicted molar refractivity (Wildman–Crippen MR) is 84.7 cm³/mol. The van der Waals surface area contributed by atoms with Crippen LogP contribution in [0.5, 0.6) is 0 Å². The van der Waals surface area contributed by atoms with Gasteiger partial charge in [-0.25, -0.2) is 9.67 Å². The molecule has 0 aliphatic carbocycles. The van der Waals surface area contributed by atoms with Crippen molar-refractivity contribution in [3.05, 3.63) is 36.9 Å². The third-order valence-electron chi connectivity index (χ3n) is 4.18. The lowest BCUT2D eigenvalue weighted by atomic mass is 10.0. The van der Waals surface area contributed by atoms with Crippen molar-refractivity contribution in [2.75, 3.05) is 18.4 Å². The third kappa shape index (κ3) is 3.42. The lowest BCUT2D eigenvalue weighted by molar-refractivity contribution is 0.177. The van der Waals surface area contributed by atoms with Crippen molar-refractivity contribution in [3.8, 4) is 5.69 Å². The van der Waals surface area contributed by atoms with Gasteiger partial charge in [0.1, 0.15) is 12.7 Å². The molecule has 1 aliphatic heterocycles. The van der Waals surface area contributed by atoms with Crippen molar-refractivity contribution in [1.29, 1.82) is 0 Å². The van der Waals surface area contributed by atoms with Gasteiger partial charge in [-0.1, -0.05) is 0 Å². The van der Waals surface area contributed by atoms with Crippen LogP contribution in [0, 0.1) is 0 Å². The van der Waals surface area contributed by atoms with Gasteiger partial charge < -0.3 is 10.2 Å². The van der Waals surface area contributed by atoms with Gasteiger partial charge in [0.15, 0.2) is 0 Å². The first-order chi connectivity index (χ1) is 10.2. The van der Waals surface area contributed by atoms with Crippen LogP contribution in [0.25, 0.3) is 5.69 Å². The number of benzene rings is 1. The Morgan fingerprint density at radius 3 is 2.43 bits per heavy atom. The van der Waals surface area contributed by atoms with Gasteiger partial charge in [-0.2, -0.15) is 5.10 Å². The van der Waals surface area contributed by atoms with Crippen molar-refractivity contribution in [2.45, 2.75) is 38.8 Å². The molecule has 5 nitrogen and oxygen atoms in total. The van der Waals surface area contributed by atoms with E-state index in [9.17, 15) is 0 Å². The van der Waals surface area contributed by atoms with E-state index in [1.807, 2.05) is 0 Å². The molecule has 1 aliphatic rings. The van der Waals surface area contributed by atoms with Crippen molar-refractivity contribution >= 4 is 5.69 Å². The standard InChI is InChI=1S/C16H23N5/c1-13(2)20-9-7-15(8-10-20)19-14-3-5-16(6-4-14)21-12-17-11-18-21/h3-6,11-13,15,19H,7-10H2,1-2H3. The molecule has 21 heavy (non-hydrogen) atoms. The molecule has 2 heterocycles. The van der Waals surface area contributed by atoms with Gasteiger partial charge >= 0.3 is 0 Å². The molecular formula is C16H23N5. The third-order valence-corrected chi connectivity index (χ3v) is 4.18. The van der Waals surface area contributed by atoms with E-state index in [0.717, 1.165) is 5.69 Å². The van der Waals surface area contributed by atoms with E-state index < -0.39 is 0 Å². The Morgan fingerprint density at radius 2 is 1.86 bits per heavy atom. The molecule has 1 aromatic heterocycles. The number of piperidine rings is 1. The molecule has 0 bridgehead atoms. The summed E-state index contributed by atoms with van der Waals surface area (Å²) in [4.78, 5) is 6.52. The van der Waals surface area contributed by atoms with Crippen LogP contribution in [0.4, 0.5) is 5.69 Å². The second-order valence-electron chi connectivity index (χ2n) is 5.94. The fraction of sp³-hybridized carbons (Fsp3) is 0.500. The number of nitrogens with one attached hydrogen (secondary N) is 1. The van der Waals surface area contributed by atoms with Crippen molar-refractivity contribution in [3.63, 3.8) is 0 Å². The van der Waals surface area contributed by atoms with Crippen LogP contribution in [0.3, 0.4) is 0 Å². The summed E-state index contributed by atoms with van der Waals surface area (Å²) in [5.74, 6) is 0. The molecule has 0 amide bonds. The molecule has 1 N–H and O–H groups in total. The van der Waals surface area contributed by atoms with Gasteiger partial charge in [0.05, 0.1) is 5.69 Å². The van der Waals surface area contributed by atoms with Crippen molar-refractivity contribution < 1.29 is 0 Å². The molecule has 0 unspecified atom stereocenters. The van der Waals surface area contributed by atoms with Gasteiger partial charge in [-0.3, -0.25) is 0 Å². The van der Waals surface area contributed by atoms with E-state index in [0.29, 0.717) is 12.1 Å². The number of hydrogen-bond donors (Lipinski definition) is 1. The fourth-order valence-electron chi connectivity index (χ4n) is 2.85. The van der Waals surface area contributed by atoms with Crippen LogP contribution in [-0.2, 0) is 0 Å². The number of anilines is 1. The maximum atomic E-state index is 4.14. The number of nitrogens with zero attached hydrogens (tertiary/aromatic N) is 4. The first kappa shape index (κ1) is 14.1. The summed E-state index contributed by atoms with van der Waals surface area (Å²) < 4.78 is 1.77. The van der Waals surface area contributed by atoms with Crippen LogP contribution in [0.15, 0.2) is 36.9 Å². The summed E-state index contributed by atoms with van der Waals surface area (Å²) in [7, 11) is 0. The Labute approximate surface area is 126 Å². The monoisotopic (exact) mass is 285 g/mol. The van der Waals surface area contributed by atoms with E-state index in [4.69, 9.17) is 0 Å². The van der Waals surface area contributed by atoms with E-state index in [1.165, 1.54) is 31.6 Å². The highest BCUT2D eigenvalue weighted by Crippen LogP contribution is 2.19. The van der Waals surface area contributed by atoms with Gasteiger partial charge in [-0.15, -0.1) is 0 Å². The maximum Gasteiger partial charge on any atom is 0.138 e. The molecule has 3 rings (SSSR count). The van der Waals surface area contributed by atoms with Crippen LogP contribution >= 0.6 is 0 Å². The normalized spacial score (nSPS) is 17.3. The number of aromatic nitrogens is 3. The van der Waals surface area contributed by atoms with E-state index in [-0.39, 0.29) is 0 Å². The Morgan fingerprint density at radius 1 is 1.14 bits per heavy atom. The molecule has 0 saturated carbocycles. The van der Waals surface area contributed by atoms with Crippen molar-refractivity contribution in [1.82, 2.24) is 19.7 Å². The molecule has 112 valence electrons. The highest BCUT2D eigenvalue weighted by molar-refractivity contribution is 5.49. The van der Waals surface area contributed by atoms with Crippen LogP contribution in [0.1, 0.15) is 26.7 Å². The minimum absolute atomic E-state index is 0.581. The number of likely N-dealkylation sites (tertiary alicyclic amines) is 1. The smallest absolute Gasteiger partial charge is 0.138 e. The lowest BCUT2D eigenvalue weighted by Gasteiger charge is -2.35. The highest BCUT2D eigenvalue weighted by atomic mass is 15.3. The Bertz CT molecular complexity index is 539. The summed E-state index contributed by atoms with van der Waals surface area (Å²) in [6.45, 7) is 6.92. The molecular weight excluding hydrogens is 262 g/mol. The highest BCUT2D eigenvalue weighted by Gasteiger charge is 2.20. The zero-order valence-corrected chi connectivity index (χ0v) is 12.7. The molecule has 1 saturated heterocycles. The first-order valence-electron chi connectivity index (χ1n) is 7.68. The topological polar surface area (TPSA) is 46.0 Å². The Balaban J connectivity index is 1.57. The van der Waals surface area contributed by atoms with Crippen molar-refractivity contribution in [2.24, 2.45) is 0 Å². The number of rotatable bonds is 4. The second-order valence-corrected chi connectivity index (χ2v) is 5.94. The Hall–Kier alpha value is -1.88. The minimum Gasteiger partial charge on any atom is -0.382 e. The largest absolute Gasteiger partial charge is 0.382 e. The average Bonchev–Trinajstić information content (AvgIpc) is 3.03. The SMILES string of the molecule is CC(C)N1CCC(Nc2ccc(-n3cncn3)cc2)CC1. The molecule has 1 aromatic carbocycles. The molecule has 0 radical (unpaired) electrons. The number of hydrogen-bond acceptors (Lipinski definition) is 4. The molecule has 0 atom stereocenters.